The minimum atomic E-state index is 0.651. The second kappa shape index (κ2) is 12.0. The molecular weight excluding hydrogens is 515 g/mol. The number of allylic oxidation sites excluding steroid dienone is 2. The third-order valence-electron chi connectivity index (χ3n) is 6.94. The fourth-order valence-corrected chi connectivity index (χ4v) is 5.58. The first-order valence-corrected chi connectivity index (χ1v) is 13.7. The summed E-state index contributed by atoms with van der Waals surface area (Å²) in [5.41, 5.74) is 6.17. The van der Waals surface area contributed by atoms with Gasteiger partial charge in [-0.15, -0.1) is 0 Å². The zero-order valence-electron chi connectivity index (χ0n) is 20.3. The molecule has 2 fully saturated rings. The van der Waals surface area contributed by atoms with Crippen LogP contribution in [0.1, 0.15) is 24.0 Å². The van der Waals surface area contributed by atoms with Crippen molar-refractivity contribution in [2.24, 2.45) is 5.10 Å². The van der Waals surface area contributed by atoms with Crippen LogP contribution < -0.4 is 0 Å². The molecule has 5 rings (SSSR count). The van der Waals surface area contributed by atoms with Crippen molar-refractivity contribution in [3.63, 3.8) is 0 Å². The molecule has 2 aromatic carbocycles. The Kier molecular flexibility index (Phi) is 8.55. The molecule has 0 amide bonds. The average Bonchev–Trinajstić information content (AvgIpc) is 3.29. The summed E-state index contributed by atoms with van der Waals surface area (Å²) in [5, 5.41) is 9.22. The predicted octanol–water partition coefficient (Wildman–Crippen LogP) is 6.21. The van der Waals surface area contributed by atoms with Gasteiger partial charge in [0.2, 0.25) is 0 Å². The maximum Gasteiger partial charge on any atom is 0.0642 e. The Balaban J connectivity index is 1.28. The van der Waals surface area contributed by atoms with Crippen LogP contribution in [0, 0.1) is 0 Å². The SMILES string of the molecule is Clc1ccc(CN2CCN(/N=C\C3=C(N4CCOCC4)C(=C/c4ccc(Cl)cc4Cl)/CC3)CC2)cc1. The molecule has 36 heavy (non-hydrogen) atoms. The third kappa shape index (κ3) is 6.45. The van der Waals surface area contributed by atoms with Gasteiger partial charge in [-0.05, 0) is 65.5 Å². The first kappa shape index (κ1) is 25.6. The van der Waals surface area contributed by atoms with Crippen molar-refractivity contribution in [2.75, 3.05) is 52.5 Å². The Bertz CT molecular complexity index is 1150. The van der Waals surface area contributed by atoms with Crippen molar-refractivity contribution in [3.05, 3.63) is 85.5 Å². The summed E-state index contributed by atoms with van der Waals surface area (Å²) in [6.45, 7) is 8.06. The lowest BCUT2D eigenvalue weighted by Crippen LogP contribution is -2.43. The molecule has 0 spiro atoms. The summed E-state index contributed by atoms with van der Waals surface area (Å²) in [5.74, 6) is 0. The first-order valence-electron chi connectivity index (χ1n) is 12.5. The van der Waals surface area contributed by atoms with E-state index in [0.29, 0.717) is 10.0 Å². The Morgan fingerprint density at radius 1 is 0.833 bits per heavy atom. The third-order valence-corrected chi connectivity index (χ3v) is 7.75. The van der Waals surface area contributed by atoms with Crippen LogP contribution in [0.5, 0.6) is 0 Å². The van der Waals surface area contributed by atoms with Crippen LogP contribution in [0.25, 0.3) is 6.08 Å². The van der Waals surface area contributed by atoms with E-state index in [-0.39, 0.29) is 0 Å². The highest BCUT2D eigenvalue weighted by atomic mass is 35.5. The maximum atomic E-state index is 6.49. The van der Waals surface area contributed by atoms with Crippen LogP contribution in [0.2, 0.25) is 15.1 Å². The number of morpholine rings is 1. The van der Waals surface area contributed by atoms with Crippen molar-refractivity contribution in [2.45, 2.75) is 19.4 Å². The molecule has 8 heteroatoms. The average molecular weight is 546 g/mol. The molecule has 2 saturated heterocycles. The van der Waals surface area contributed by atoms with E-state index in [0.717, 1.165) is 82.5 Å². The van der Waals surface area contributed by atoms with Gasteiger partial charge in [-0.3, -0.25) is 9.91 Å². The van der Waals surface area contributed by atoms with Crippen molar-refractivity contribution in [3.8, 4) is 0 Å². The van der Waals surface area contributed by atoms with E-state index < -0.39 is 0 Å². The zero-order chi connectivity index (χ0) is 24.9. The Labute approximate surface area is 228 Å². The van der Waals surface area contributed by atoms with Gasteiger partial charge in [-0.2, -0.15) is 5.10 Å². The van der Waals surface area contributed by atoms with Gasteiger partial charge >= 0.3 is 0 Å². The fourth-order valence-electron chi connectivity index (χ4n) is 4.99. The maximum absolute atomic E-state index is 6.49. The van der Waals surface area contributed by atoms with Crippen molar-refractivity contribution in [1.29, 1.82) is 0 Å². The molecule has 2 aromatic rings. The summed E-state index contributed by atoms with van der Waals surface area (Å²) in [7, 11) is 0. The van der Waals surface area contributed by atoms with Crippen LogP contribution in [0.4, 0.5) is 0 Å². The lowest BCUT2D eigenvalue weighted by Gasteiger charge is -2.33. The van der Waals surface area contributed by atoms with Crippen molar-refractivity contribution in [1.82, 2.24) is 14.8 Å². The molecule has 0 radical (unpaired) electrons. The molecule has 5 nitrogen and oxygen atoms in total. The monoisotopic (exact) mass is 544 g/mol. The lowest BCUT2D eigenvalue weighted by molar-refractivity contribution is 0.0548. The van der Waals surface area contributed by atoms with Crippen molar-refractivity contribution >= 4 is 47.1 Å². The van der Waals surface area contributed by atoms with E-state index in [1.54, 1.807) is 6.07 Å². The summed E-state index contributed by atoms with van der Waals surface area (Å²) in [4.78, 5) is 4.91. The van der Waals surface area contributed by atoms with Crippen LogP contribution in [-0.2, 0) is 11.3 Å². The first-order chi connectivity index (χ1) is 17.5. The molecule has 1 aliphatic carbocycles. The number of rotatable bonds is 6. The van der Waals surface area contributed by atoms with Gasteiger partial charge in [0.15, 0.2) is 0 Å². The second-order valence-corrected chi connectivity index (χ2v) is 10.7. The highest BCUT2D eigenvalue weighted by molar-refractivity contribution is 6.35. The van der Waals surface area contributed by atoms with Gasteiger partial charge in [0.05, 0.1) is 19.4 Å². The number of hydrogen-bond acceptors (Lipinski definition) is 5. The number of piperazine rings is 1. The molecule has 0 aromatic heterocycles. The number of halogens is 3. The van der Waals surface area contributed by atoms with Gasteiger partial charge < -0.3 is 9.64 Å². The molecule has 0 bridgehead atoms. The van der Waals surface area contributed by atoms with E-state index in [4.69, 9.17) is 44.6 Å². The molecule has 0 N–H and O–H groups in total. The number of nitrogens with zero attached hydrogens (tertiary/aromatic N) is 4. The Hall–Kier alpha value is -2.02. The van der Waals surface area contributed by atoms with Crippen LogP contribution in [0.15, 0.2) is 64.4 Å². The van der Waals surface area contributed by atoms with E-state index in [1.165, 1.54) is 22.4 Å². The largest absolute Gasteiger partial charge is 0.378 e. The number of hydrazone groups is 1. The summed E-state index contributed by atoms with van der Waals surface area (Å²) in [6.07, 6.45) is 6.25. The summed E-state index contributed by atoms with van der Waals surface area (Å²) >= 11 is 18.6. The van der Waals surface area contributed by atoms with Crippen LogP contribution in [-0.4, -0.2) is 73.5 Å². The van der Waals surface area contributed by atoms with Gasteiger partial charge in [0, 0.05) is 66.6 Å². The second-order valence-electron chi connectivity index (χ2n) is 9.41. The van der Waals surface area contributed by atoms with Crippen LogP contribution >= 0.6 is 34.8 Å². The minimum absolute atomic E-state index is 0.651. The molecule has 3 aliphatic rings. The van der Waals surface area contributed by atoms with Gasteiger partial charge in [-0.1, -0.05) is 53.0 Å². The molecule has 0 saturated carbocycles. The molecule has 2 heterocycles. The van der Waals surface area contributed by atoms with E-state index >= 15 is 0 Å². The lowest BCUT2D eigenvalue weighted by atomic mass is 10.1. The van der Waals surface area contributed by atoms with Crippen LogP contribution in [0.3, 0.4) is 0 Å². The van der Waals surface area contributed by atoms with Crippen molar-refractivity contribution < 1.29 is 4.74 Å². The van der Waals surface area contributed by atoms with E-state index in [1.807, 2.05) is 24.3 Å². The summed E-state index contributed by atoms with van der Waals surface area (Å²) in [6, 6.07) is 13.8. The van der Waals surface area contributed by atoms with Gasteiger partial charge in [-0.25, -0.2) is 0 Å². The molecule has 190 valence electrons. The molecule has 2 aliphatic heterocycles. The molecule has 0 unspecified atom stereocenters. The smallest absolute Gasteiger partial charge is 0.0642 e. The number of ether oxygens (including phenoxy) is 1. The number of benzene rings is 2. The summed E-state index contributed by atoms with van der Waals surface area (Å²) < 4.78 is 5.62. The number of hydrogen-bond donors (Lipinski definition) is 0. The Morgan fingerprint density at radius 3 is 2.28 bits per heavy atom. The topological polar surface area (TPSA) is 31.3 Å². The fraction of sp³-hybridized carbons (Fsp3) is 0.393. The molecule has 0 atom stereocenters. The normalized spacial score (nSPS) is 20.8. The van der Waals surface area contributed by atoms with E-state index in [2.05, 4.69) is 39.2 Å². The Morgan fingerprint density at radius 2 is 1.56 bits per heavy atom. The molecular formula is C28H31Cl3N4O. The standard InChI is InChI=1S/C28H31Cl3N4O/c29-25-6-1-21(2-7-25)20-33-9-11-35(12-10-33)32-19-24-4-3-23(28(24)34-13-15-36-16-14-34)17-22-5-8-26(30)18-27(22)31/h1-2,5-8,17-19H,3-4,9-16,20H2/b23-17+,32-19-. The minimum Gasteiger partial charge on any atom is -0.378 e. The highest BCUT2D eigenvalue weighted by Crippen LogP contribution is 2.36. The van der Waals surface area contributed by atoms with Gasteiger partial charge in [0.25, 0.3) is 0 Å². The highest BCUT2D eigenvalue weighted by Gasteiger charge is 2.26. The quantitative estimate of drug-likeness (QED) is 0.404. The van der Waals surface area contributed by atoms with E-state index in [9.17, 15) is 0 Å². The zero-order valence-corrected chi connectivity index (χ0v) is 22.6. The predicted molar refractivity (Wildman–Crippen MR) is 150 cm³/mol. The van der Waals surface area contributed by atoms with Gasteiger partial charge in [0.1, 0.15) is 0 Å².